The smallest absolute Gasteiger partial charge is 0.258 e. The molecule has 4 rings (SSSR count). The van der Waals surface area contributed by atoms with Crippen LogP contribution in [0.25, 0.3) is 0 Å². The summed E-state index contributed by atoms with van der Waals surface area (Å²) in [6, 6.07) is 15.7. The molecule has 0 spiro atoms. The van der Waals surface area contributed by atoms with Crippen LogP contribution >= 0.6 is 27.7 Å². The highest BCUT2D eigenvalue weighted by Gasteiger charge is 2.51. The molecule has 0 amide bonds. The van der Waals surface area contributed by atoms with E-state index in [-0.39, 0.29) is 10.6 Å². The van der Waals surface area contributed by atoms with Crippen LogP contribution < -0.4 is 0 Å². The van der Waals surface area contributed by atoms with Gasteiger partial charge in [-0.1, -0.05) is 52.3 Å². The predicted molar refractivity (Wildman–Crippen MR) is 92.0 cm³/mol. The molecular formula is C17H14BrNO2S. The maximum Gasteiger partial charge on any atom is 0.282 e. The van der Waals surface area contributed by atoms with Crippen LogP contribution in [0.2, 0.25) is 0 Å². The van der Waals surface area contributed by atoms with Gasteiger partial charge in [0.15, 0.2) is 0 Å². The first-order valence-electron chi connectivity index (χ1n) is 7.30. The number of rotatable bonds is 3. The standard InChI is InChI=1S/C17H14BrNO2S/c18-13-9-12-10-5-1-2-6-11(10)16(13)17(12)22-15-8-4-3-7-14(15)19(20)21/h1-8,12-13,16-17H,9H2. The van der Waals surface area contributed by atoms with Crippen LogP contribution in [0.5, 0.6) is 0 Å². The van der Waals surface area contributed by atoms with Crippen LogP contribution in [0.15, 0.2) is 53.4 Å². The van der Waals surface area contributed by atoms with Crippen molar-refractivity contribution in [2.24, 2.45) is 0 Å². The van der Waals surface area contributed by atoms with Crippen molar-refractivity contribution in [3.05, 3.63) is 69.8 Å². The zero-order chi connectivity index (χ0) is 15.3. The van der Waals surface area contributed by atoms with Crippen molar-refractivity contribution in [3.63, 3.8) is 0 Å². The Balaban J connectivity index is 1.70. The number of hydrogen-bond acceptors (Lipinski definition) is 3. The number of nitrogens with zero attached hydrogens (tertiary/aromatic N) is 1. The van der Waals surface area contributed by atoms with E-state index >= 15 is 0 Å². The quantitative estimate of drug-likeness (QED) is 0.425. The van der Waals surface area contributed by atoms with Crippen molar-refractivity contribution < 1.29 is 4.92 Å². The van der Waals surface area contributed by atoms with Gasteiger partial charge in [-0.3, -0.25) is 10.1 Å². The van der Waals surface area contributed by atoms with Gasteiger partial charge < -0.3 is 0 Å². The Morgan fingerprint density at radius 3 is 2.55 bits per heavy atom. The molecule has 1 saturated carbocycles. The third-order valence-corrected chi connectivity index (χ3v) is 7.14. The van der Waals surface area contributed by atoms with Crippen LogP contribution in [-0.2, 0) is 0 Å². The van der Waals surface area contributed by atoms with E-state index in [2.05, 4.69) is 40.2 Å². The number of benzene rings is 2. The summed E-state index contributed by atoms with van der Waals surface area (Å²) in [7, 11) is 0. The third kappa shape index (κ3) is 2.10. The number of thioether (sulfide) groups is 1. The first-order chi connectivity index (χ1) is 10.7. The summed E-state index contributed by atoms with van der Waals surface area (Å²) < 4.78 is 0. The molecule has 2 bridgehead atoms. The zero-order valence-electron chi connectivity index (χ0n) is 11.7. The minimum Gasteiger partial charge on any atom is -0.258 e. The molecule has 2 aliphatic rings. The fraction of sp³-hybridized carbons (Fsp3) is 0.294. The number of hydrogen-bond donors (Lipinski definition) is 0. The molecule has 2 aromatic carbocycles. The molecule has 0 aromatic heterocycles. The van der Waals surface area contributed by atoms with Gasteiger partial charge in [0, 0.05) is 22.1 Å². The summed E-state index contributed by atoms with van der Waals surface area (Å²) in [6.45, 7) is 0. The maximum atomic E-state index is 11.2. The Bertz CT molecular complexity index is 751. The topological polar surface area (TPSA) is 43.1 Å². The first kappa shape index (κ1) is 14.3. The van der Waals surface area contributed by atoms with Gasteiger partial charge in [0.25, 0.3) is 5.69 Å². The molecule has 5 heteroatoms. The summed E-state index contributed by atoms with van der Waals surface area (Å²) in [5.41, 5.74) is 3.06. The maximum absolute atomic E-state index is 11.2. The molecule has 1 fully saturated rings. The van der Waals surface area contributed by atoms with Crippen molar-refractivity contribution in [1.82, 2.24) is 0 Å². The molecule has 0 heterocycles. The van der Waals surface area contributed by atoms with Gasteiger partial charge in [0.2, 0.25) is 0 Å². The van der Waals surface area contributed by atoms with E-state index in [0.717, 1.165) is 11.3 Å². The van der Waals surface area contributed by atoms with E-state index in [1.54, 1.807) is 23.9 Å². The molecule has 2 aromatic rings. The summed E-state index contributed by atoms with van der Waals surface area (Å²) in [4.78, 5) is 12.2. The van der Waals surface area contributed by atoms with Crippen molar-refractivity contribution in [3.8, 4) is 0 Å². The lowest BCUT2D eigenvalue weighted by atomic mass is 9.92. The molecule has 112 valence electrons. The third-order valence-electron chi connectivity index (χ3n) is 4.70. The number of nitro groups is 1. The van der Waals surface area contributed by atoms with E-state index < -0.39 is 0 Å². The Kier molecular flexibility index (Phi) is 3.50. The average molecular weight is 376 g/mol. The van der Waals surface area contributed by atoms with Gasteiger partial charge in [-0.05, 0) is 29.5 Å². The molecular weight excluding hydrogens is 362 g/mol. The van der Waals surface area contributed by atoms with Gasteiger partial charge >= 0.3 is 0 Å². The van der Waals surface area contributed by atoms with Crippen molar-refractivity contribution in [2.75, 3.05) is 0 Å². The predicted octanol–water partition coefficient (Wildman–Crippen LogP) is 5.10. The largest absolute Gasteiger partial charge is 0.282 e. The lowest BCUT2D eigenvalue weighted by molar-refractivity contribution is -0.387. The van der Waals surface area contributed by atoms with Crippen LogP contribution in [0.3, 0.4) is 0 Å². The summed E-state index contributed by atoms with van der Waals surface area (Å²) >= 11 is 5.49. The van der Waals surface area contributed by atoms with Gasteiger partial charge in [0.05, 0.1) is 9.82 Å². The van der Waals surface area contributed by atoms with E-state index in [0.29, 0.717) is 21.9 Å². The average Bonchev–Trinajstić information content (AvgIpc) is 2.99. The van der Waals surface area contributed by atoms with E-state index in [4.69, 9.17) is 0 Å². The molecule has 4 atom stereocenters. The molecule has 3 nitrogen and oxygen atoms in total. The lowest BCUT2D eigenvalue weighted by Gasteiger charge is -2.19. The summed E-state index contributed by atoms with van der Waals surface area (Å²) in [5, 5.41) is 11.6. The second-order valence-corrected chi connectivity index (χ2v) is 8.22. The Morgan fingerprint density at radius 2 is 1.77 bits per heavy atom. The number of nitro benzene ring substituents is 1. The van der Waals surface area contributed by atoms with Crippen molar-refractivity contribution in [1.29, 1.82) is 0 Å². The van der Waals surface area contributed by atoms with Gasteiger partial charge in [-0.25, -0.2) is 0 Å². The molecule has 22 heavy (non-hydrogen) atoms. The highest BCUT2D eigenvalue weighted by molar-refractivity contribution is 9.09. The minimum absolute atomic E-state index is 0.217. The Morgan fingerprint density at radius 1 is 1.09 bits per heavy atom. The highest BCUT2D eigenvalue weighted by Crippen LogP contribution is 2.61. The highest BCUT2D eigenvalue weighted by atomic mass is 79.9. The molecule has 0 saturated heterocycles. The van der Waals surface area contributed by atoms with Crippen LogP contribution in [0.1, 0.15) is 29.4 Å². The summed E-state index contributed by atoms with van der Waals surface area (Å²) in [6.07, 6.45) is 1.11. The monoisotopic (exact) mass is 375 g/mol. The van der Waals surface area contributed by atoms with Crippen LogP contribution in [0, 0.1) is 10.1 Å². The Labute approximate surface area is 141 Å². The van der Waals surface area contributed by atoms with Gasteiger partial charge in [0.1, 0.15) is 0 Å². The number of halogens is 1. The van der Waals surface area contributed by atoms with Gasteiger partial charge in [-0.2, -0.15) is 0 Å². The van der Waals surface area contributed by atoms with Gasteiger partial charge in [-0.15, -0.1) is 11.8 Å². The zero-order valence-corrected chi connectivity index (χ0v) is 14.1. The molecule has 0 aliphatic heterocycles. The van der Waals surface area contributed by atoms with E-state index in [1.165, 1.54) is 11.1 Å². The molecule has 4 unspecified atom stereocenters. The number of para-hydroxylation sites is 1. The van der Waals surface area contributed by atoms with E-state index in [9.17, 15) is 10.1 Å². The second-order valence-electron chi connectivity index (χ2n) is 5.82. The summed E-state index contributed by atoms with van der Waals surface area (Å²) in [5.74, 6) is 0.918. The molecule has 0 radical (unpaired) electrons. The molecule has 0 N–H and O–H groups in total. The Hall–Kier alpha value is -1.33. The number of alkyl halides is 1. The first-order valence-corrected chi connectivity index (χ1v) is 9.09. The van der Waals surface area contributed by atoms with Crippen LogP contribution in [-0.4, -0.2) is 15.0 Å². The second kappa shape index (κ2) is 5.39. The van der Waals surface area contributed by atoms with Crippen molar-refractivity contribution >= 4 is 33.4 Å². The van der Waals surface area contributed by atoms with Crippen molar-refractivity contribution in [2.45, 2.75) is 33.2 Å². The number of fused-ring (bicyclic) bond motifs is 5. The lowest BCUT2D eigenvalue weighted by Crippen LogP contribution is -2.12. The normalized spacial score (nSPS) is 28.6. The fourth-order valence-corrected chi connectivity index (χ4v) is 6.65. The van der Waals surface area contributed by atoms with Crippen LogP contribution in [0.4, 0.5) is 5.69 Å². The molecule has 2 aliphatic carbocycles. The fourth-order valence-electron chi connectivity index (χ4n) is 3.82. The van der Waals surface area contributed by atoms with E-state index in [1.807, 2.05) is 12.1 Å². The minimum atomic E-state index is -0.280. The SMILES string of the molecule is O=[N+]([O-])c1ccccc1SC1C2CC(Br)C1c1ccccc12.